The van der Waals surface area contributed by atoms with Gasteiger partial charge in [0.15, 0.2) is 0 Å². The number of aromatic nitrogens is 1. The molecule has 5 heteroatoms. The van der Waals surface area contributed by atoms with E-state index in [1.165, 1.54) is 0 Å². The van der Waals surface area contributed by atoms with Crippen molar-refractivity contribution in [1.29, 1.82) is 0 Å². The quantitative estimate of drug-likeness (QED) is 0.473. The summed E-state index contributed by atoms with van der Waals surface area (Å²) in [5.41, 5.74) is 3.10. The Morgan fingerprint density at radius 2 is 1.63 bits per heavy atom. The first kappa shape index (κ1) is 17.5. The van der Waals surface area contributed by atoms with Crippen LogP contribution in [0.1, 0.15) is 20.9 Å². The topological polar surface area (TPSA) is 42.0 Å². The van der Waals surface area contributed by atoms with Crippen LogP contribution in [0, 0.1) is 0 Å². The number of carbonyl (C=O) groups excluding carboxylic acids is 1. The summed E-state index contributed by atoms with van der Waals surface area (Å²) in [6.45, 7) is 0. The predicted molar refractivity (Wildman–Crippen MR) is 113 cm³/mol. The summed E-state index contributed by atoms with van der Waals surface area (Å²) in [6, 6.07) is 24.5. The summed E-state index contributed by atoms with van der Waals surface area (Å²) in [5, 5.41) is 4.44. The van der Waals surface area contributed by atoms with Gasteiger partial charge >= 0.3 is 0 Å². The van der Waals surface area contributed by atoms with Crippen LogP contribution in [0.5, 0.6) is 0 Å². The summed E-state index contributed by atoms with van der Waals surface area (Å²) in [5.74, 6) is -0.171. The molecule has 27 heavy (non-hydrogen) atoms. The zero-order valence-corrected chi connectivity index (χ0v) is 15.8. The fourth-order valence-electron chi connectivity index (χ4n) is 2.65. The van der Waals surface area contributed by atoms with Crippen molar-refractivity contribution in [3.8, 4) is 0 Å². The number of hydrogen-bond donors (Lipinski definition) is 1. The summed E-state index contributed by atoms with van der Waals surface area (Å²) < 4.78 is 1.07. The molecule has 0 unspecified atom stereocenters. The van der Waals surface area contributed by atoms with E-state index in [1.54, 1.807) is 23.5 Å². The van der Waals surface area contributed by atoms with Crippen LogP contribution < -0.4 is 5.32 Å². The minimum absolute atomic E-state index is 0.171. The average Bonchev–Trinajstić information content (AvgIpc) is 3.14. The van der Waals surface area contributed by atoms with E-state index in [9.17, 15) is 4.79 Å². The fraction of sp³-hybridized carbons (Fsp3) is 0. The van der Waals surface area contributed by atoms with Crippen LogP contribution in [-0.4, -0.2) is 10.9 Å². The van der Waals surface area contributed by atoms with E-state index in [1.807, 2.05) is 72.8 Å². The molecular weight excluding hydrogens is 376 g/mol. The Bertz CT molecular complexity index is 1080. The number of halogens is 1. The second-order valence-electron chi connectivity index (χ2n) is 5.92. The smallest absolute Gasteiger partial charge is 0.255 e. The van der Waals surface area contributed by atoms with E-state index in [-0.39, 0.29) is 5.91 Å². The molecule has 0 saturated carbocycles. The molecule has 0 bridgehead atoms. The third kappa shape index (κ3) is 4.08. The van der Waals surface area contributed by atoms with Gasteiger partial charge in [-0.25, -0.2) is 4.98 Å². The first-order valence-corrected chi connectivity index (χ1v) is 9.58. The van der Waals surface area contributed by atoms with Crippen molar-refractivity contribution < 1.29 is 4.79 Å². The lowest BCUT2D eigenvalue weighted by molar-refractivity contribution is 0.0974. The zero-order chi connectivity index (χ0) is 18.6. The number of nitrogens with zero attached hydrogens (tertiary/aromatic N) is 1. The Hall–Kier alpha value is -2.95. The third-order valence-electron chi connectivity index (χ3n) is 3.99. The zero-order valence-electron chi connectivity index (χ0n) is 14.2. The maximum atomic E-state index is 12.7. The molecule has 1 amide bonds. The Morgan fingerprint density at radius 3 is 2.37 bits per heavy atom. The third-order valence-corrected chi connectivity index (χ3v) is 5.31. The van der Waals surface area contributed by atoms with E-state index in [0.29, 0.717) is 16.3 Å². The number of benzene rings is 3. The molecule has 0 spiro atoms. The highest BCUT2D eigenvalue weighted by molar-refractivity contribution is 7.19. The van der Waals surface area contributed by atoms with Gasteiger partial charge in [-0.2, -0.15) is 0 Å². The molecule has 132 valence electrons. The first-order chi connectivity index (χ1) is 13.2. The number of rotatable bonds is 4. The largest absolute Gasteiger partial charge is 0.319 e. The molecule has 1 N–H and O–H groups in total. The maximum absolute atomic E-state index is 12.7. The lowest BCUT2D eigenvalue weighted by Crippen LogP contribution is -2.21. The van der Waals surface area contributed by atoms with Crippen molar-refractivity contribution >= 4 is 50.8 Å². The Kier molecular flexibility index (Phi) is 5.01. The molecular formula is C22H15ClN2OS. The van der Waals surface area contributed by atoms with E-state index in [0.717, 1.165) is 20.8 Å². The van der Waals surface area contributed by atoms with Crippen molar-refractivity contribution in [3.05, 3.63) is 100 Å². The molecule has 3 aromatic carbocycles. The van der Waals surface area contributed by atoms with Gasteiger partial charge in [-0.3, -0.25) is 4.79 Å². The number of nitrogens with one attached hydrogen (secondary N) is 1. The van der Waals surface area contributed by atoms with Crippen LogP contribution in [0.2, 0.25) is 5.02 Å². The minimum atomic E-state index is -0.171. The number of fused-ring (bicyclic) bond motifs is 1. The van der Waals surface area contributed by atoms with Crippen LogP contribution in [0.4, 0.5) is 0 Å². The highest BCUT2D eigenvalue weighted by Gasteiger charge is 2.13. The Morgan fingerprint density at radius 1 is 0.926 bits per heavy atom. The molecule has 4 aromatic rings. The lowest BCUT2D eigenvalue weighted by Gasteiger charge is -2.08. The van der Waals surface area contributed by atoms with Gasteiger partial charge in [0.25, 0.3) is 5.91 Å². The molecule has 1 aromatic heterocycles. The van der Waals surface area contributed by atoms with Crippen molar-refractivity contribution in [1.82, 2.24) is 10.3 Å². The molecule has 1 heterocycles. The number of carbonyl (C=O) groups is 1. The molecule has 0 aliphatic carbocycles. The molecule has 0 saturated heterocycles. The van der Waals surface area contributed by atoms with Gasteiger partial charge in [0.1, 0.15) is 5.01 Å². The van der Waals surface area contributed by atoms with E-state index < -0.39 is 0 Å². The first-order valence-electron chi connectivity index (χ1n) is 8.39. The summed E-state index contributed by atoms with van der Waals surface area (Å²) in [6.07, 6.45) is 1.91. The second kappa shape index (κ2) is 7.74. The molecule has 4 rings (SSSR count). The van der Waals surface area contributed by atoms with Gasteiger partial charge in [-0.05, 0) is 48.0 Å². The van der Waals surface area contributed by atoms with Gasteiger partial charge < -0.3 is 5.32 Å². The van der Waals surface area contributed by atoms with Gasteiger partial charge in [0.05, 0.1) is 15.9 Å². The fourth-order valence-corrected chi connectivity index (χ4v) is 3.71. The molecule has 0 aliphatic heterocycles. The summed E-state index contributed by atoms with van der Waals surface area (Å²) >= 11 is 7.53. The lowest BCUT2D eigenvalue weighted by atomic mass is 10.1. The van der Waals surface area contributed by atoms with Gasteiger partial charge in [0.2, 0.25) is 0 Å². The molecule has 3 nitrogen and oxygen atoms in total. The van der Waals surface area contributed by atoms with Crippen molar-refractivity contribution in [2.24, 2.45) is 0 Å². The highest BCUT2D eigenvalue weighted by Crippen LogP contribution is 2.27. The van der Waals surface area contributed by atoms with E-state index in [2.05, 4.69) is 10.3 Å². The normalized spacial score (nSPS) is 11.5. The summed E-state index contributed by atoms with van der Waals surface area (Å²) in [4.78, 5) is 17.4. The van der Waals surface area contributed by atoms with E-state index in [4.69, 9.17) is 11.6 Å². The number of amides is 1. The molecule has 0 radical (unpaired) electrons. The van der Waals surface area contributed by atoms with Crippen molar-refractivity contribution in [3.63, 3.8) is 0 Å². The molecule has 0 atom stereocenters. The minimum Gasteiger partial charge on any atom is -0.319 e. The highest BCUT2D eigenvalue weighted by atomic mass is 35.5. The van der Waals surface area contributed by atoms with Crippen LogP contribution in [0.15, 0.2) is 78.9 Å². The second-order valence-corrected chi connectivity index (χ2v) is 7.38. The van der Waals surface area contributed by atoms with E-state index >= 15 is 0 Å². The predicted octanol–water partition coefficient (Wildman–Crippen LogP) is 5.88. The number of thiazole rings is 1. The molecule has 0 fully saturated rings. The SMILES string of the molecule is O=C(N/C(=C/c1ccc(Cl)cc1)c1nc2ccccc2s1)c1ccccc1. The van der Waals surface area contributed by atoms with Gasteiger partial charge in [-0.1, -0.05) is 54.1 Å². The molecule has 0 aliphatic rings. The van der Waals surface area contributed by atoms with Crippen LogP contribution in [-0.2, 0) is 0 Å². The monoisotopic (exact) mass is 390 g/mol. The van der Waals surface area contributed by atoms with Crippen molar-refractivity contribution in [2.45, 2.75) is 0 Å². The van der Waals surface area contributed by atoms with Crippen LogP contribution >= 0.6 is 22.9 Å². The summed E-state index contributed by atoms with van der Waals surface area (Å²) in [7, 11) is 0. The van der Waals surface area contributed by atoms with Crippen LogP contribution in [0.25, 0.3) is 22.0 Å². The number of hydrogen-bond acceptors (Lipinski definition) is 3. The maximum Gasteiger partial charge on any atom is 0.255 e. The van der Waals surface area contributed by atoms with Crippen LogP contribution in [0.3, 0.4) is 0 Å². The average molecular weight is 391 g/mol. The van der Waals surface area contributed by atoms with Crippen molar-refractivity contribution in [2.75, 3.05) is 0 Å². The standard InChI is InChI=1S/C22H15ClN2OS/c23-17-12-10-15(11-13-17)14-19(24-21(26)16-6-2-1-3-7-16)22-25-18-8-4-5-9-20(18)27-22/h1-14H,(H,24,26)/b19-14+. The van der Waals surface area contributed by atoms with Gasteiger partial charge in [-0.15, -0.1) is 11.3 Å². The number of para-hydroxylation sites is 1. The Balaban J connectivity index is 1.74. The Labute approximate surface area is 166 Å². The van der Waals surface area contributed by atoms with Gasteiger partial charge in [0, 0.05) is 10.6 Å².